The van der Waals surface area contributed by atoms with Gasteiger partial charge in [-0.1, -0.05) is 15.9 Å². The summed E-state index contributed by atoms with van der Waals surface area (Å²) in [6.07, 6.45) is 0. The first-order valence-electron chi connectivity index (χ1n) is 5.02. The summed E-state index contributed by atoms with van der Waals surface area (Å²) < 4.78 is 10.1. The molecule has 0 N–H and O–H groups in total. The van der Waals surface area contributed by atoms with Crippen LogP contribution in [-0.2, 0) is 10.1 Å². The van der Waals surface area contributed by atoms with E-state index >= 15 is 0 Å². The monoisotopic (exact) mass is 297 g/mol. The van der Waals surface area contributed by atoms with Gasteiger partial charge in [0.15, 0.2) is 0 Å². The predicted octanol–water partition coefficient (Wildman–Crippen LogP) is 2.64. The highest BCUT2D eigenvalue weighted by Crippen LogP contribution is 2.27. The molecular formula is C12H12BrNO3. The summed E-state index contributed by atoms with van der Waals surface area (Å²) in [7, 11) is 1.50. The molecule has 0 amide bonds. The highest BCUT2D eigenvalue weighted by atomic mass is 79.9. The molecule has 0 bridgehead atoms. The molecule has 1 rings (SSSR count). The Balaban J connectivity index is 3.35. The van der Waals surface area contributed by atoms with Gasteiger partial charge < -0.3 is 9.47 Å². The third-order valence-corrected chi connectivity index (χ3v) is 2.75. The number of benzene rings is 1. The lowest BCUT2D eigenvalue weighted by atomic mass is 10.0. The normalized spacial score (nSPS) is 9.53. The van der Waals surface area contributed by atoms with E-state index in [0.29, 0.717) is 34.4 Å². The number of halogens is 1. The number of nitriles is 1. The van der Waals surface area contributed by atoms with Gasteiger partial charge in [-0.25, -0.2) is 4.79 Å². The fourth-order valence-corrected chi connectivity index (χ4v) is 2.00. The van der Waals surface area contributed by atoms with Crippen LogP contribution >= 0.6 is 15.9 Å². The number of rotatable bonds is 4. The molecule has 17 heavy (non-hydrogen) atoms. The van der Waals surface area contributed by atoms with Crippen LogP contribution in [0.25, 0.3) is 0 Å². The van der Waals surface area contributed by atoms with Crippen molar-refractivity contribution < 1.29 is 14.3 Å². The summed E-state index contributed by atoms with van der Waals surface area (Å²) in [6.45, 7) is 2.02. The van der Waals surface area contributed by atoms with Crippen LogP contribution in [0.5, 0.6) is 5.75 Å². The minimum atomic E-state index is -0.447. The zero-order chi connectivity index (χ0) is 12.8. The molecule has 0 aliphatic rings. The zero-order valence-corrected chi connectivity index (χ0v) is 11.2. The molecule has 0 unspecified atom stereocenters. The van der Waals surface area contributed by atoms with Crippen LogP contribution in [0, 0.1) is 11.3 Å². The van der Waals surface area contributed by atoms with E-state index < -0.39 is 5.97 Å². The van der Waals surface area contributed by atoms with Gasteiger partial charge in [0.25, 0.3) is 0 Å². The van der Waals surface area contributed by atoms with E-state index in [1.54, 1.807) is 13.0 Å². The van der Waals surface area contributed by atoms with Crippen molar-refractivity contribution in [2.45, 2.75) is 12.3 Å². The molecule has 0 saturated heterocycles. The Hall–Kier alpha value is -1.54. The van der Waals surface area contributed by atoms with Gasteiger partial charge in [0.05, 0.1) is 30.9 Å². The number of esters is 1. The van der Waals surface area contributed by atoms with Gasteiger partial charge in [-0.2, -0.15) is 5.26 Å². The predicted molar refractivity (Wildman–Crippen MR) is 66.3 cm³/mol. The van der Waals surface area contributed by atoms with Gasteiger partial charge >= 0.3 is 5.97 Å². The van der Waals surface area contributed by atoms with Gasteiger partial charge in [0.1, 0.15) is 5.75 Å². The molecule has 0 spiro atoms. The SMILES string of the molecule is CCOC(=O)c1cc(C#N)cc(OC)c1CBr. The number of hydrogen-bond acceptors (Lipinski definition) is 4. The van der Waals surface area contributed by atoms with Crippen LogP contribution < -0.4 is 4.74 Å². The molecule has 90 valence electrons. The highest BCUT2D eigenvalue weighted by molar-refractivity contribution is 9.08. The molecule has 0 aromatic heterocycles. The number of ether oxygens (including phenoxy) is 2. The molecule has 0 atom stereocenters. The smallest absolute Gasteiger partial charge is 0.338 e. The number of hydrogen-bond donors (Lipinski definition) is 0. The van der Waals surface area contributed by atoms with Crippen LogP contribution in [0.2, 0.25) is 0 Å². The van der Waals surface area contributed by atoms with Crippen molar-refractivity contribution in [3.63, 3.8) is 0 Å². The maximum atomic E-state index is 11.8. The van der Waals surface area contributed by atoms with E-state index in [2.05, 4.69) is 15.9 Å². The molecule has 0 fully saturated rings. The van der Waals surface area contributed by atoms with Crippen molar-refractivity contribution in [1.82, 2.24) is 0 Å². The Morgan fingerprint density at radius 3 is 2.71 bits per heavy atom. The number of carbonyl (C=O) groups is 1. The van der Waals surface area contributed by atoms with Gasteiger partial charge in [-0.3, -0.25) is 0 Å². The Kier molecular flexibility index (Phi) is 4.98. The second-order valence-corrected chi connectivity index (χ2v) is 3.73. The Morgan fingerprint density at radius 2 is 2.24 bits per heavy atom. The lowest BCUT2D eigenvalue weighted by Crippen LogP contribution is -2.09. The van der Waals surface area contributed by atoms with E-state index in [9.17, 15) is 4.79 Å². The van der Waals surface area contributed by atoms with Crippen molar-refractivity contribution >= 4 is 21.9 Å². The minimum absolute atomic E-state index is 0.291. The molecule has 0 saturated carbocycles. The van der Waals surface area contributed by atoms with Gasteiger partial charge in [0.2, 0.25) is 0 Å². The maximum absolute atomic E-state index is 11.8. The average Bonchev–Trinajstić information content (AvgIpc) is 2.37. The molecule has 0 radical (unpaired) electrons. The van der Waals surface area contributed by atoms with Crippen LogP contribution in [0.15, 0.2) is 12.1 Å². The van der Waals surface area contributed by atoms with Gasteiger partial charge in [0, 0.05) is 10.9 Å². The number of nitrogens with zero attached hydrogens (tertiary/aromatic N) is 1. The Labute approximate surface area is 108 Å². The van der Waals surface area contributed by atoms with Gasteiger partial charge in [-0.05, 0) is 19.1 Å². The van der Waals surface area contributed by atoms with Crippen LogP contribution in [0.4, 0.5) is 0 Å². The second-order valence-electron chi connectivity index (χ2n) is 3.17. The standard InChI is InChI=1S/C12H12BrNO3/c1-3-17-12(15)9-4-8(7-14)5-11(16-2)10(9)6-13/h4-5H,3,6H2,1-2H3. The minimum Gasteiger partial charge on any atom is -0.496 e. The molecule has 4 nitrogen and oxygen atoms in total. The summed E-state index contributed by atoms with van der Waals surface area (Å²) in [5, 5.41) is 9.34. The molecule has 1 aromatic rings. The van der Waals surface area contributed by atoms with E-state index in [0.717, 1.165) is 0 Å². The third-order valence-electron chi connectivity index (χ3n) is 2.19. The molecule has 1 aromatic carbocycles. The largest absolute Gasteiger partial charge is 0.496 e. The van der Waals surface area contributed by atoms with Crippen LogP contribution in [-0.4, -0.2) is 19.7 Å². The Bertz CT molecular complexity index is 466. The Morgan fingerprint density at radius 1 is 1.53 bits per heavy atom. The summed E-state index contributed by atoms with van der Waals surface area (Å²) in [5.74, 6) is 0.0568. The summed E-state index contributed by atoms with van der Waals surface area (Å²) >= 11 is 3.30. The number of methoxy groups -OCH3 is 1. The summed E-state index contributed by atoms with van der Waals surface area (Å²) in [5.41, 5.74) is 1.42. The fraction of sp³-hybridized carbons (Fsp3) is 0.333. The second kappa shape index (κ2) is 6.26. The van der Waals surface area contributed by atoms with E-state index in [4.69, 9.17) is 14.7 Å². The maximum Gasteiger partial charge on any atom is 0.338 e. The van der Waals surface area contributed by atoms with Crippen molar-refractivity contribution in [3.8, 4) is 11.8 Å². The zero-order valence-electron chi connectivity index (χ0n) is 9.62. The first-order chi connectivity index (χ1) is 8.17. The van der Waals surface area contributed by atoms with Crippen LogP contribution in [0.1, 0.15) is 28.4 Å². The molecular weight excluding hydrogens is 286 g/mol. The lowest BCUT2D eigenvalue weighted by molar-refractivity contribution is 0.0525. The van der Waals surface area contributed by atoms with Crippen molar-refractivity contribution in [1.29, 1.82) is 5.26 Å². The van der Waals surface area contributed by atoms with Crippen LogP contribution in [0.3, 0.4) is 0 Å². The first kappa shape index (κ1) is 13.5. The van der Waals surface area contributed by atoms with E-state index in [1.165, 1.54) is 13.2 Å². The van der Waals surface area contributed by atoms with Crippen molar-refractivity contribution in [2.24, 2.45) is 0 Å². The van der Waals surface area contributed by atoms with E-state index in [-0.39, 0.29) is 0 Å². The fourth-order valence-electron chi connectivity index (χ4n) is 1.42. The first-order valence-corrected chi connectivity index (χ1v) is 6.14. The molecule has 0 heterocycles. The highest BCUT2D eigenvalue weighted by Gasteiger charge is 2.17. The lowest BCUT2D eigenvalue weighted by Gasteiger charge is -2.11. The topological polar surface area (TPSA) is 59.3 Å². The number of alkyl halides is 1. The molecule has 5 heteroatoms. The quantitative estimate of drug-likeness (QED) is 0.633. The molecule has 0 aliphatic heterocycles. The summed E-state index contributed by atoms with van der Waals surface area (Å²) in [6, 6.07) is 5.09. The van der Waals surface area contributed by atoms with E-state index in [1.807, 2.05) is 6.07 Å². The summed E-state index contributed by atoms with van der Waals surface area (Å²) in [4.78, 5) is 11.8. The third kappa shape index (κ3) is 2.98. The molecule has 0 aliphatic carbocycles. The van der Waals surface area contributed by atoms with Gasteiger partial charge in [-0.15, -0.1) is 0 Å². The average molecular weight is 298 g/mol. The van der Waals surface area contributed by atoms with Crippen molar-refractivity contribution in [2.75, 3.05) is 13.7 Å². The van der Waals surface area contributed by atoms with Crippen molar-refractivity contribution in [3.05, 3.63) is 28.8 Å². The number of carbonyl (C=O) groups excluding carboxylic acids is 1.